The number of carbonyl (C=O) groups is 2. The maximum Gasteiger partial charge on any atom is 0.290 e. The van der Waals surface area contributed by atoms with E-state index in [2.05, 4.69) is 39.6 Å². The van der Waals surface area contributed by atoms with Gasteiger partial charge in [0.1, 0.15) is 5.54 Å². The fourth-order valence-corrected chi connectivity index (χ4v) is 3.59. The van der Waals surface area contributed by atoms with Crippen LogP contribution in [0.5, 0.6) is 0 Å². The maximum absolute atomic E-state index is 12.9. The normalized spacial score (nSPS) is 15.8. The van der Waals surface area contributed by atoms with E-state index >= 15 is 0 Å². The lowest BCUT2D eigenvalue weighted by Crippen LogP contribution is -2.55. The Morgan fingerprint density at radius 2 is 1.97 bits per heavy atom. The van der Waals surface area contributed by atoms with Crippen LogP contribution in [0.4, 0.5) is 0 Å². The zero-order valence-electron chi connectivity index (χ0n) is 16.9. The number of carboxylic acid groups (broad SMARTS) is 1. The number of piperidine rings is 1. The van der Waals surface area contributed by atoms with Crippen LogP contribution in [0.1, 0.15) is 18.4 Å². The van der Waals surface area contributed by atoms with Gasteiger partial charge in [-0.05, 0) is 30.9 Å². The van der Waals surface area contributed by atoms with Gasteiger partial charge in [-0.25, -0.2) is 0 Å². The van der Waals surface area contributed by atoms with E-state index in [1.807, 2.05) is 23.0 Å². The van der Waals surface area contributed by atoms with Crippen molar-refractivity contribution in [2.45, 2.75) is 24.8 Å². The predicted octanol–water partition coefficient (Wildman–Crippen LogP) is 1.38. The van der Waals surface area contributed by atoms with Crippen molar-refractivity contribution in [3.05, 3.63) is 54.4 Å². The van der Waals surface area contributed by atoms with Crippen LogP contribution in [-0.2, 0) is 26.3 Å². The topological polar surface area (TPSA) is 96.7 Å². The quantitative estimate of drug-likeness (QED) is 0.512. The summed E-state index contributed by atoms with van der Waals surface area (Å²) in [5.74, 6) is 0.0426. The molecule has 2 N–H and O–H groups in total. The molecule has 0 aliphatic carbocycles. The average molecular weight is 402 g/mol. The van der Waals surface area contributed by atoms with Gasteiger partial charge >= 0.3 is 0 Å². The lowest BCUT2D eigenvalue weighted by Gasteiger charge is -2.40. The maximum atomic E-state index is 12.9. The van der Waals surface area contributed by atoms with Gasteiger partial charge in [-0.1, -0.05) is 30.3 Å². The highest BCUT2D eigenvalue weighted by molar-refractivity contribution is 5.84. The van der Waals surface area contributed by atoms with Crippen LogP contribution in [-0.4, -0.2) is 72.1 Å². The van der Waals surface area contributed by atoms with Crippen LogP contribution >= 0.6 is 0 Å². The number of aromatic nitrogens is 2. The number of benzene rings is 1. The Kier molecular flexibility index (Phi) is 9.33. The summed E-state index contributed by atoms with van der Waals surface area (Å²) >= 11 is 0. The molecule has 0 unspecified atom stereocenters. The SMILES string of the molecule is COCCNC(=O)C1(n2cccn2)CCN(CCc2ccccc2)CC1.O=CO. The van der Waals surface area contributed by atoms with Crippen molar-refractivity contribution >= 4 is 12.4 Å². The molecule has 1 aliphatic rings. The van der Waals surface area contributed by atoms with Gasteiger partial charge in [0.2, 0.25) is 5.91 Å². The number of carbonyl (C=O) groups excluding carboxylic acids is 1. The Morgan fingerprint density at radius 3 is 2.55 bits per heavy atom. The Balaban J connectivity index is 0.000000941. The number of hydrogen-bond acceptors (Lipinski definition) is 5. The van der Waals surface area contributed by atoms with Gasteiger partial charge in [-0.15, -0.1) is 0 Å². The summed E-state index contributed by atoms with van der Waals surface area (Å²) in [5, 5.41) is 14.3. The number of nitrogens with zero attached hydrogens (tertiary/aromatic N) is 3. The Morgan fingerprint density at radius 1 is 1.28 bits per heavy atom. The Bertz CT molecular complexity index is 714. The largest absolute Gasteiger partial charge is 0.483 e. The summed E-state index contributed by atoms with van der Waals surface area (Å²) in [6.45, 7) is 3.60. The van der Waals surface area contributed by atoms with Gasteiger partial charge in [0.25, 0.3) is 6.47 Å². The van der Waals surface area contributed by atoms with Crippen LogP contribution in [0, 0.1) is 0 Å². The first kappa shape index (κ1) is 22.6. The molecule has 1 saturated heterocycles. The Labute approximate surface area is 171 Å². The number of rotatable bonds is 8. The molecule has 2 aromatic rings. The average Bonchev–Trinajstić information content (AvgIpc) is 3.29. The molecule has 1 amide bonds. The lowest BCUT2D eigenvalue weighted by molar-refractivity contribution is -0.133. The van der Waals surface area contributed by atoms with Gasteiger partial charge in [0.05, 0.1) is 6.61 Å². The molecule has 1 aromatic heterocycles. The van der Waals surface area contributed by atoms with E-state index in [1.165, 1.54) is 5.56 Å². The highest BCUT2D eigenvalue weighted by Crippen LogP contribution is 2.30. The number of likely N-dealkylation sites (tertiary alicyclic amines) is 1. The summed E-state index contributed by atoms with van der Waals surface area (Å²) in [6, 6.07) is 12.4. The minimum atomic E-state index is -0.597. The molecule has 1 fully saturated rings. The summed E-state index contributed by atoms with van der Waals surface area (Å²) in [7, 11) is 1.64. The molecule has 0 radical (unpaired) electrons. The van der Waals surface area contributed by atoms with Crippen LogP contribution in [0.3, 0.4) is 0 Å². The molecule has 3 rings (SSSR count). The molecular weight excluding hydrogens is 372 g/mol. The molecule has 1 aliphatic heterocycles. The van der Waals surface area contributed by atoms with Crippen molar-refractivity contribution in [3.63, 3.8) is 0 Å². The number of ether oxygens (including phenoxy) is 1. The van der Waals surface area contributed by atoms with Gasteiger partial charge in [0, 0.05) is 45.7 Å². The van der Waals surface area contributed by atoms with Crippen LogP contribution in [0.25, 0.3) is 0 Å². The predicted molar refractivity (Wildman–Crippen MR) is 110 cm³/mol. The van der Waals surface area contributed by atoms with Crippen LogP contribution in [0.2, 0.25) is 0 Å². The first-order valence-corrected chi connectivity index (χ1v) is 9.78. The second kappa shape index (κ2) is 12.0. The molecular formula is C21H30N4O4. The van der Waals surface area contributed by atoms with E-state index < -0.39 is 5.54 Å². The Hall–Kier alpha value is -2.71. The van der Waals surface area contributed by atoms with E-state index in [-0.39, 0.29) is 12.4 Å². The van der Waals surface area contributed by atoms with Crippen LogP contribution in [0.15, 0.2) is 48.8 Å². The van der Waals surface area contributed by atoms with Crippen molar-refractivity contribution < 1.29 is 19.4 Å². The minimum absolute atomic E-state index is 0.0426. The first-order chi connectivity index (χ1) is 14.2. The highest BCUT2D eigenvalue weighted by Gasteiger charge is 2.43. The zero-order valence-corrected chi connectivity index (χ0v) is 16.9. The van der Waals surface area contributed by atoms with Gasteiger partial charge < -0.3 is 20.1 Å². The van der Waals surface area contributed by atoms with E-state index in [0.29, 0.717) is 13.2 Å². The lowest BCUT2D eigenvalue weighted by atomic mass is 9.86. The van der Waals surface area contributed by atoms with Crippen molar-refractivity contribution in [2.24, 2.45) is 0 Å². The molecule has 0 spiro atoms. The second-order valence-corrected chi connectivity index (χ2v) is 6.91. The van der Waals surface area contributed by atoms with E-state index in [0.717, 1.165) is 38.9 Å². The summed E-state index contributed by atoms with van der Waals surface area (Å²) in [4.78, 5) is 23.7. The molecule has 0 atom stereocenters. The van der Waals surface area contributed by atoms with Crippen molar-refractivity contribution in [3.8, 4) is 0 Å². The van der Waals surface area contributed by atoms with Crippen LogP contribution < -0.4 is 5.32 Å². The van der Waals surface area contributed by atoms with Crippen molar-refractivity contribution in [1.29, 1.82) is 0 Å². The molecule has 8 nitrogen and oxygen atoms in total. The third-order valence-electron chi connectivity index (χ3n) is 5.20. The van der Waals surface area contributed by atoms with Gasteiger partial charge in [0.15, 0.2) is 0 Å². The monoisotopic (exact) mass is 402 g/mol. The fourth-order valence-electron chi connectivity index (χ4n) is 3.59. The van der Waals surface area contributed by atoms with E-state index in [4.69, 9.17) is 14.6 Å². The number of amides is 1. The zero-order chi connectivity index (χ0) is 21.0. The first-order valence-electron chi connectivity index (χ1n) is 9.78. The number of hydrogen-bond donors (Lipinski definition) is 2. The molecule has 0 saturated carbocycles. The highest BCUT2D eigenvalue weighted by atomic mass is 16.5. The van der Waals surface area contributed by atoms with Gasteiger partial charge in [-0.2, -0.15) is 5.10 Å². The summed E-state index contributed by atoms with van der Waals surface area (Å²) in [5.41, 5.74) is 0.759. The molecule has 2 heterocycles. The van der Waals surface area contributed by atoms with Crippen molar-refractivity contribution in [1.82, 2.24) is 20.0 Å². The third-order valence-corrected chi connectivity index (χ3v) is 5.20. The summed E-state index contributed by atoms with van der Waals surface area (Å²) in [6.07, 6.45) is 6.21. The second-order valence-electron chi connectivity index (χ2n) is 6.91. The standard InChI is InChI=1S/C20H28N4O2.CH2O2/c1-26-17-12-21-19(25)20(24-13-5-11-22-24)9-15-23(16-10-20)14-8-18-6-3-2-4-7-18;2-1-3/h2-7,11,13H,8-10,12,14-17H2,1H3,(H,21,25);1H,(H,2,3). The molecule has 8 heteroatoms. The minimum Gasteiger partial charge on any atom is -0.483 e. The fraction of sp³-hybridized carbons (Fsp3) is 0.476. The van der Waals surface area contributed by atoms with Gasteiger partial charge in [-0.3, -0.25) is 14.3 Å². The third kappa shape index (κ3) is 6.40. The molecule has 0 bridgehead atoms. The number of methoxy groups -OCH3 is 1. The number of nitrogens with one attached hydrogen (secondary N) is 1. The molecule has 158 valence electrons. The van der Waals surface area contributed by atoms with E-state index in [1.54, 1.807) is 13.3 Å². The molecule has 1 aromatic carbocycles. The van der Waals surface area contributed by atoms with E-state index in [9.17, 15) is 4.79 Å². The van der Waals surface area contributed by atoms with Crippen molar-refractivity contribution in [2.75, 3.05) is 39.9 Å². The molecule has 29 heavy (non-hydrogen) atoms. The summed E-state index contributed by atoms with van der Waals surface area (Å²) < 4.78 is 6.89. The smallest absolute Gasteiger partial charge is 0.290 e.